The van der Waals surface area contributed by atoms with Gasteiger partial charge in [-0.25, -0.2) is 4.98 Å². The molecule has 1 aromatic carbocycles. The van der Waals surface area contributed by atoms with Crippen molar-refractivity contribution in [3.8, 4) is 0 Å². The van der Waals surface area contributed by atoms with E-state index in [2.05, 4.69) is 20.3 Å². The van der Waals surface area contributed by atoms with Gasteiger partial charge < -0.3 is 10.1 Å². The van der Waals surface area contributed by atoms with E-state index in [1.807, 2.05) is 30.3 Å². The van der Waals surface area contributed by atoms with Gasteiger partial charge in [0.2, 0.25) is 0 Å². The fourth-order valence-corrected chi connectivity index (χ4v) is 2.95. The van der Waals surface area contributed by atoms with Gasteiger partial charge in [0.1, 0.15) is 6.23 Å². The van der Waals surface area contributed by atoms with Crippen molar-refractivity contribution >= 4 is 17.0 Å². The molecule has 0 aliphatic carbocycles. The van der Waals surface area contributed by atoms with Crippen molar-refractivity contribution in [1.82, 2.24) is 19.5 Å². The molecule has 0 bridgehead atoms. The zero-order valence-electron chi connectivity index (χ0n) is 13.2. The smallest absolute Gasteiger partial charge is 0.312 e. The number of nitrogens with one attached hydrogen (secondary N) is 1. The number of benzene rings is 1. The van der Waals surface area contributed by atoms with Crippen LogP contribution in [0.5, 0.6) is 0 Å². The van der Waals surface area contributed by atoms with Crippen LogP contribution in [0.1, 0.15) is 31.1 Å². The topological polar surface area (TPSA) is 64.9 Å². The molecule has 1 atom stereocenters. The third-order valence-electron chi connectivity index (χ3n) is 4.16. The van der Waals surface area contributed by atoms with E-state index in [0.29, 0.717) is 30.1 Å². The number of aromatic nitrogens is 4. The Balaban J connectivity index is 1.64. The zero-order chi connectivity index (χ0) is 16.4. The van der Waals surface area contributed by atoms with E-state index in [4.69, 9.17) is 4.74 Å². The first-order valence-corrected chi connectivity index (χ1v) is 8.11. The van der Waals surface area contributed by atoms with Crippen LogP contribution in [0.25, 0.3) is 11.2 Å². The molecule has 7 heteroatoms. The summed E-state index contributed by atoms with van der Waals surface area (Å²) in [6.45, 7) is 1.25. The molecule has 2 aromatic heterocycles. The molecule has 0 amide bonds. The lowest BCUT2D eigenvalue weighted by atomic mass is 10.2. The minimum absolute atomic E-state index is 0.139. The highest BCUT2D eigenvalue weighted by Crippen LogP contribution is 2.27. The highest BCUT2D eigenvalue weighted by atomic mass is 19.1. The van der Waals surface area contributed by atoms with E-state index in [1.165, 1.54) is 0 Å². The largest absolute Gasteiger partial charge is 0.364 e. The molecule has 3 heterocycles. The molecular formula is C17H18FN5O. The van der Waals surface area contributed by atoms with E-state index < -0.39 is 6.08 Å². The molecule has 1 N–H and O–H groups in total. The summed E-state index contributed by atoms with van der Waals surface area (Å²) in [6, 6.07) is 9.87. The SMILES string of the molecule is Fc1nc(NCc2ccccc2)c2ncn(C3CCCCO3)c2n1. The second kappa shape index (κ2) is 6.52. The second-order valence-electron chi connectivity index (χ2n) is 5.83. The van der Waals surface area contributed by atoms with Crippen LogP contribution in [0.15, 0.2) is 36.7 Å². The van der Waals surface area contributed by atoms with Crippen LogP contribution in [0.3, 0.4) is 0 Å². The molecule has 1 unspecified atom stereocenters. The molecule has 4 rings (SSSR count). The van der Waals surface area contributed by atoms with Gasteiger partial charge in [0.25, 0.3) is 0 Å². The van der Waals surface area contributed by atoms with Crippen molar-refractivity contribution in [2.24, 2.45) is 0 Å². The van der Waals surface area contributed by atoms with E-state index in [1.54, 1.807) is 10.9 Å². The first kappa shape index (κ1) is 15.0. The molecule has 1 aliphatic rings. The fourth-order valence-electron chi connectivity index (χ4n) is 2.95. The van der Waals surface area contributed by atoms with Gasteiger partial charge >= 0.3 is 6.08 Å². The van der Waals surface area contributed by atoms with Crippen LogP contribution in [0.4, 0.5) is 10.2 Å². The minimum atomic E-state index is -0.768. The van der Waals surface area contributed by atoms with Crippen molar-refractivity contribution in [1.29, 1.82) is 0 Å². The average molecular weight is 327 g/mol. The van der Waals surface area contributed by atoms with E-state index in [-0.39, 0.29) is 6.23 Å². The summed E-state index contributed by atoms with van der Waals surface area (Å²) in [5.41, 5.74) is 2.10. The summed E-state index contributed by atoms with van der Waals surface area (Å²) in [5.74, 6) is 0.399. The van der Waals surface area contributed by atoms with Crippen molar-refractivity contribution in [2.45, 2.75) is 32.0 Å². The number of anilines is 1. The highest BCUT2D eigenvalue weighted by Gasteiger charge is 2.21. The van der Waals surface area contributed by atoms with Crippen LogP contribution in [0.2, 0.25) is 0 Å². The maximum absolute atomic E-state index is 13.9. The third kappa shape index (κ3) is 2.94. The summed E-state index contributed by atoms with van der Waals surface area (Å²) >= 11 is 0. The number of ether oxygens (including phenoxy) is 1. The van der Waals surface area contributed by atoms with E-state index in [0.717, 1.165) is 24.8 Å². The first-order chi connectivity index (χ1) is 11.8. The third-order valence-corrected chi connectivity index (χ3v) is 4.16. The monoisotopic (exact) mass is 327 g/mol. The molecule has 3 aromatic rings. The van der Waals surface area contributed by atoms with Crippen LogP contribution in [-0.4, -0.2) is 26.1 Å². The van der Waals surface area contributed by atoms with Crippen LogP contribution in [0, 0.1) is 6.08 Å². The molecule has 1 saturated heterocycles. The lowest BCUT2D eigenvalue weighted by Crippen LogP contribution is -2.18. The number of fused-ring (bicyclic) bond motifs is 1. The lowest BCUT2D eigenvalue weighted by Gasteiger charge is -2.23. The predicted octanol–water partition coefficient (Wildman–Crippen LogP) is 3.28. The van der Waals surface area contributed by atoms with Gasteiger partial charge in [0, 0.05) is 13.2 Å². The normalized spacial score (nSPS) is 18.0. The Labute approximate surface area is 138 Å². The van der Waals surface area contributed by atoms with Gasteiger partial charge in [-0.15, -0.1) is 0 Å². The standard InChI is InChI=1S/C17H18FN5O/c18-17-21-15(19-10-12-6-2-1-3-7-12)14-16(22-17)23(11-20-14)13-8-4-5-9-24-13/h1-3,6-7,11,13H,4-5,8-10H2,(H,19,21,22). The van der Waals surface area contributed by atoms with Crippen molar-refractivity contribution in [3.05, 3.63) is 48.3 Å². The molecular weight excluding hydrogens is 309 g/mol. The molecule has 24 heavy (non-hydrogen) atoms. The van der Waals surface area contributed by atoms with Crippen LogP contribution in [-0.2, 0) is 11.3 Å². The maximum Gasteiger partial charge on any atom is 0.312 e. The van der Waals surface area contributed by atoms with Gasteiger partial charge in [-0.1, -0.05) is 30.3 Å². The summed E-state index contributed by atoms with van der Waals surface area (Å²) in [6.07, 6.45) is 3.76. The Morgan fingerprint density at radius 1 is 1.21 bits per heavy atom. The highest BCUT2D eigenvalue weighted by molar-refractivity contribution is 5.82. The number of rotatable bonds is 4. The van der Waals surface area contributed by atoms with Gasteiger partial charge in [0.15, 0.2) is 17.0 Å². The molecule has 1 fully saturated rings. The molecule has 0 radical (unpaired) electrons. The Bertz CT molecular complexity index is 830. The van der Waals surface area contributed by atoms with E-state index >= 15 is 0 Å². The van der Waals surface area contributed by atoms with Gasteiger partial charge in [-0.3, -0.25) is 4.57 Å². The molecule has 6 nitrogen and oxygen atoms in total. The van der Waals surface area contributed by atoms with Crippen molar-refractivity contribution in [3.63, 3.8) is 0 Å². The number of imidazole rings is 1. The number of hydrogen-bond donors (Lipinski definition) is 1. The molecule has 0 spiro atoms. The average Bonchev–Trinajstić information content (AvgIpc) is 3.05. The molecule has 1 aliphatic heterocycles. The number of hydrogen-bond acceptors (Lipinski definition) is 5. The Morgan fingerprint density at radius 2 is 2.08 bits per heavy atom. The quantitative estimate of drug-likeness (QED) is 0.745. The van der Waals surface area contributed by atoms with Gasteiger partial charge in [-0.2, -0.15) is 14.4 Å². The van der Waals surface area contributed by atoms with Crippen molar-refractivity contribution < 1.29 is 9.13 Å². The van der Waals surface area contributed by atoms with Crippen LogP contribution < -0.4 is 5.32 Å². The molecule has 124 valence electrons. The number of halogens is 1. The minimum Gasteiger partial charge on any atom is -0.364 e. The first-order valence-electron chi connectivity index (χ1n) is 8.11. The Hall–Kier alpha value is -2.54. The summed E-state index contributed by atoms with van der Waals surface area (Å²) in [4.78, 5) is 12.2. The van der Waals surface area contributed by atoms with Crippen molar-refractivity contribution in [2.75, 3.05) is 11.9 Å². The summed E-state index contributed by atoms with van der Waals surface area (Å²) in [7, 11) is 0. The van der Waals surface area contributed by atoms with Crippen LogP contribution >= 0.6 is 0 Å². The van der Waals surface area contributed by atoms with Gasteiger partial charge in [-0.05, 0) is 24.8 Å². The fraction of sp³-hybridized carbons (Fsp3) is 0.353. The molecule has 0 saturated carbocycles. The predicted molar refractivity (Wildman–Crippen MR) is 87.9 cm³/mol. The summed E-state index contributed by atoms with van der Waals surface area (Å²) < 4.78 is 21.5. The van der Waals surface area contributed by atoms with E-state index in [9.17, 15) is 4.39 Å². The lowest BCUT2D eigenvalue weighted by molar-refractivity contribution is -0.0298. The van der Waals surface area contributed by atoms with Gasteiger partial charge in [0.05, 0.1) is 6.33 Å². The number of nitrogens with zero attached hydrogens (tertiary/aromatic N) is 4. The maximum atomic E-state index is 13.9. The summed E-state index contributed by atoms with van der Waals surface area (Å²) in [5, 5.41) is 3.15. The zero-order valence-corrected chi connectivity index (χ0v) is 13.2. The Morgan fingerprint density at radius 3 is 2.88 bits per heavy atom. The Kier molecular flexibility index (Phi) is 4.08. The second-order valence-corrected chi connectivity index (χ2v) is 5.83.